The van der Waals surface area contributed by atoms with Crippen molar-refractivity contribution in [3.8, 4) is 0 Å². The largest absolute Gasteiger partial charge is 0.374 e. The molecular weight excluding hydrogens is 568 g/mol. The van der Waals surface area contributed by atoms with Gasteiger partial charge >= 0.3 is 0 Å². The highest BCUT2D eigenvalue weighted by atomic mass is 16.7. The molecule has 1 fully saturated rings. The number of hydrogen-bond acceptors (Lipinski definition) is 7. The number of allylic oxidation sites excluding steroid dienone is 1. The number of aliphatic hydroxyl groups is 1. The van der Waals surface area contributed by atoms with Gasteiger partial charge in [0, 0.05) is 0 Å². The zero-order valence-electron chi connectivity index (χ0n) is 25.4. The van der Waals surface area contributed by atoms with Crippen LogP contribution in [0.1, 0.15) is 29.2 Å². The molecule has 5 rings (SSSR count). The van der Waals surface area contributed by atoms with Crippen LogP contribution in [-0.4, -0.2) is 48.2 Å². The van der Waals surface area contributed by atoms with E-state index < -0.39 is 30.2 Å². The van der Waals surface area contributed by atoms with Crippen molar-refractivity contribution < 1.29 is 33.6 Å². The Kier molecular flexibility index (Phi) is 11.8. The van der Waals surface area contributed by atoms with Gasteiger partial charge in [-0.15, -0.1) is 0 Å². The number of ether oxygens (including phenoxy) is 5. The molecule has 234 valence electrons. The zero-order chi connectivity index (χ0) is 31.3. The third-order valence-corrected chi connectivity index (χ3v) is 7.82. The number of benzene rings is 4. The smallest absolute Gasteiger partial charge is 0.218 e. The molecule has 1 saturated heterocycles. The third-order valence-electron chi connectivity index (χ3n) is 7.82. The van der Waals surface area contributed by atoms with Gasteiger partial charge in [-0.1, -0.05) is 121 Å². The van der Waals surface area contributed by atoms with Crippen molar-refractivity contribution in [3.63, 3.8) is 0 Å². The molecular formula is C38H40O7. The maximum Gasteiger partial charge on any atom is 0.218 e. The molecule has 5 atom stereocenters. The molecule has 1 aliphatic rings. The number of aldehydes is 1. The van der Waals surface area contributed by atoms with Crippen LogP contribution in [0.4, 0.5) is 0 Å². The minimum absolute atomic E-state index is 0.0988. The van der Waals surface area contributed by atoms with Gasteiger partial charge < -0.3 is 28.8 Å². The van der Waals surface area contributed by atoms with Crippen LogP contribution < -0.4 is 0 Å². The van der Waals surface area contributed by atoms with E-state index in [0.717, 1.165) is 22.3 Å². The molecule has 4 aromatic rings. The first-order valence-corrected chi connectivity index (χ1v) is 15.2. The van der Waals surface area contributed by atoms with Gasteiger partial charge in [-0.2, -0.15) is 0 Å². The average Bonchev–Trinajstić information content (AvgIpc) is 3.08. The van der Waals surface area contributed by atoms with E-state index in [4.69, 9.17) is 23.7 Å². The fourth-order valence-corrected chi connectivity index (χ4v) is 5.39. The second kappa shape index (κ2) is 16.4. The summed E-state index contributed by atoms with van der Waals surface area (Å²) in [5, 5.41) is 12.3. The highest BCUT2D eigenvalue weighted by molar-refractivity contribution is 5.66. The first kappa shape index (κ1) is 32.4. The van der Waals surface area contributed by atoms with Crippen LogP contribution in [0.25, 0.3) is 0 Å². The molecule has 0 amide bonds. The first-order valence-electron chi connectivity index (χ1n) is 15.2. The van der Waals surface area contributed by atoms with Crippen molar-refractivity contribution in [1.82, 2.24) is 0 Å². The lowest BCUT2D eigenvalue weighted by Crippen LogP contribution is -2.67. The van der Waals surface area contributed by atoms with Crippen LogP contribution in [0.3, 0.4) is 0 Å². The summed E-state index contributed by atoms with van der Waals surface area (Å²) in [7, 11) is 0. The molecule has 7 heteroatoms. The summed E-state index contributed by atoms with van der Waals surface area (Å²) in [5.41, 5.74) is 4.13. The van der Waals surface area contributed by atoms with Crippen LogP contribution in [0.2, 0.25) is 0 Å². The lowest BCUT2D eigenvalue weighted by atomic mass is 9.87. The van der Waals surface area contributed by atoms with Gasteiger partial charge in [-0.25, -0.2) is 0 Å². The summed E-state index contributed by atoms with van der Waals surface area (Å²) in [6.45, 7) is 2.79. The molecule has 0 spiro atoms. The molecule has 4 aromatic carbocycles. The Morgan fingerprint density at radius 1 is 0.667 bits per heavy atom. The summed E-state index contributed by atoms with van der Waals surface area (Å²) in [6.07, 6.45) is -1.41. The molecule has 45 heavy (non-hydrogen) atoms. The summed E-state index contributed by atoms with van der Waals surface area (Å²) in [5.74, 6) is -2.01. The third kappa shape index (κ3) is 8.83. The van der Waals surface area contributed by atoms with Gasteiger partial charge in [-0.3, -0.25) is 4.79 Å². The standard InChI is InChI=1S/C38H40O7/c1-29(22-23-39)38(40)37(44-27-33-20-12-5-13-21-33)36(43-26-32-18-10-4-11-19-32)35(42-25-31-16-8-3-9-17-31)34(45-38)28-41-24-30-14-6-2-7-15-30/h2-23,34-37,40H,24-28H2,1H3/b29-22-/t34-,35-,36+,37-,38+/m1/s1. The number of carbonyl (C=O) groups is 1. The van der Waals surface area contributed by atoms with Crippen molar-refractivity contribution in [1.29, 1.82) is 0 Å². The Morgan fingerprint density at radius 2 is 1.09 bits per heavy atom. The summed E-state index contributed by atoms with van der Waals surface area (Å²) >= 11 is 0. The number of carbonyl (C=O) groups excluding carboxylic acids is 1. The highest BCUT2D eigenvalue weighted by Gasteiger charge is 2.57. The number of rotatable bonds is 15. The van der Waals surface area contributed by atoms with Crippen molar-refractivity contribution >= 4 is 6.29 Å². The Hall–Kier alpha value is -3.95. The second-order valence-corrected chi connectivity index (χ2v) is 11.1. The molecule has 1 aliphatic heterocycles. The van der Waals surface area contributed by atoms with Gasteiger partial charge in [0.2, 0.25) is 5.79 Å². The van der Waals surface area contributed by atoms with Crippen molar-refractivity contribution in [2.24, 2.45) is 0 Å². The SMILES string of the molecule is C/C(=C/C=O)[C@]1(O)O[C@H](COCc2ccccc2)[C@@H](OCc2ccccc2)[C@H](OCc2ccccc2)[C@H]1OCc1ccccc1. The Bertz CT molecular complexity index is 1460. The quantitative estimate of drug-likeness (QED) is 0.127. The van der Waals surface area contributed by atoms with E-state index in [-0.39, 0.29) is 26.4 Å². The normalized spacial score (nSPS) is 23.5. The van der Waals surface area contributed by atoms with Crippen LogP contribution >= 0.6 is 0 Å². The monoisotopic (exact) mass is 608 g/mol. The first-order chi connectivity index (χ1) is 22.1. The van der Waals surface area contributed by atoms with Crippen molar-refractivity contribution in [2.45, 2.75) is 63.6 Å². The van der Waals surface area contributed by atoms with E-state index in [1.165, 1.54) is 6.08 Å². The van der Waals surface area contributed by atoms with E-state index in [0.29, 0.717) is 18.5 Å². The summed E-state index contributed by atoms with van der Waals surface area (Å²) in [6, 6.07) is 39.1. The summed E-state index contributed by atoms with van der Waals surface area (Å²) < 4.78 is 32.3. The van der Waals surface area contributed by atoms with Crippen LogP contribution in [0.15, 0.2) is 133 Å². The summed E-state index contributed by atoms with van der Waals surface area (Å²) in [4.78, 5) is 11.6. The zero-order valence-corrected chi connectivity index (χ0v) is 25.4. The molecule has 0 saturated carbocycles. The van der Waals surface area contributed by atoms with Gasteiger partial charge in [-0.05, 0) is 40.8 Å². The van der Waals surface area contributed by atoms with Crippen LogP contribution in [-0.2, 0) is 54.9 Å². The van der Waals surface area contributed by atoms with Crippen molar-refractivity contribution in [2.75, 3.05) is 6.61 Å². The molecule has 0 bridgehead atoms. The average molecular weight is 609 g/mol. The van der Waals surface area contributed by atoms with Gasteiger partial charge in [0.05, 0.1) is 33.0 Å². The van der Waals surface area contributed by atoms with Crippen molar-refractivity contribution in [3.05, 3.63) is 155 Å². The Labute approximate surface area is 265 Å². The van der Waals surface area contributed by atoms with Crippen LogP contribution in [0.5, 0.6) is 0 Å². The fraction of sp³-hybridized carbons (Fsp3) is 0.289. The predicted molar refractivity (Wildman–Crippen MR) is 171 cm³/mol. The predicted octanol–water partition coefficient (Wildman–Crippen LogP) is 6.19. The highest BCUT2D eigenvalue weighted by Crippen LogP contribution is 2.39. The van der Waals surface area contributed by atoms with E-state index in [9.17, 15) is 9.90 Å². The lowest BCUT2D eigenvalue weighted by Gasteiger charge is -2.50. The molecule has 0 unspecified atom stereocenters. The lowest BCUT2D eigenvalue weighted by molar-refractivity contribution is -0.355. The Balaban J connectivity index is 1.50. The molecule has 7 nitrogen and oxygen atoms in total. The topological polar surface area (TPSA) is 83.5 Å². The maximum absolute atomic E-state index is 12.3. The second-order valence-electron chi connectivity index (χ2n) is 11.1. The molecule has 0 aliphatic carbocycles. The minimum Gasteiger partial charge on any atom is -0.374 e. The Morgan fingerprint density at radius 3 is 1.56 bits per heavy atom. The number of hydrogen-bond donors (Lipinski definition) is 1. The van der Waals surface area contributed by atoms with Gasteiger partial charge in [0.15, 0.2) is 0 Å². The van der Waals surface area contributed by atoms with Gasteiger partial charge in [0.25, 0.3) is 0 Å². The fourth-order valence-electron chi connectivity index (χ4n) is 5.39. The molecule has 1 heterocycles. The van der Waals surface area contributed by atoms with E-state index >= 15 is 0 Å². The molecule has 0 radical (unpaired) electrons. The van der Waals surface area contributed by atoms with Gasteiger partial charge in [0.1, 0.15) is 30.7 Å². The van der Waals surface area contributed by atoms with Crippen LogP contribution in [0, 0.1) is 0 Å². The van der Waals surface area contributed by atoms with E-state index in [1.807, 2.05) is 121 Å². The van der Waals surface area contributed by atoms with E-state index in [1.54, 1.807) is 6.92 Å². The minimum atomic E-state index is -2.01. The maximum atomic E-state index is 12.3. The molecule has 0 aromatic heterocycles. The molecule has 1 N–H and O–H groups in total. The van der Waals surface area contributed by atoms with E-state index in [2.05, 4.69) is 0 Å².